The van der Waals surface area contributed by atoms with E-state index in [0.29, 0.717) is 31.8 Å². The van der Waals surface area contributed by atoms with Gasteiger partial charge in [-0.15, -0.1) is 0 Å². The highest BCUT2D eigenvalue weighted by Gasteiger charge is 2.17. The van der Waals surface area contributed by atoms with Crippen molar-refractivity contribution in [3.05, 3.63) is 59.2 Å². The van der Waals surface area contributed by atoms with E-state index < -0.39 is 17.4 Å². The molecule has 1 aliphatic heterocycles. The Morgan fingerprint density at radius 3 is 2.62 bits per heavy atom. The van der Waals surface area contributed by atoms with Gasteiger partial charge in [-0.05, 0) is 23.8 Å². The number of para-hydroxylation sites is 1. The summed E-state index contributed by atoms with van der Waals surface area (Å²) in [5, 5.41) is 9.13. The van der Waals surface area contributed by atoms with Gasteiger partial charge in [-0.1, -0.05) is 18.2 Å². The number of aromatic hydroxyl groups is 1. The lowest BCUT2D eigenvalue weighted by atomic mass is 10.1. The molecule has 0 fully saturated rings. The molecule has 5 heteroatoms. The highest BCUT2D eigenvalue weighted by molar-refractivity contribution is 5.34. The Labute approximate surface area is 121 Å². The molecule has 0 saturated carbocycles. The van der Waals surface area contributed by atoms with Gasteiger partial charge in [0, 0.05) is 25.2 Å². The molecular weight excluding hydrogens is 276 g/mol. The maximum atomic E-state index is 13.4. The van der Waals surface area contributed by atoms with Crippen molar-refractivity contribution in [1.29, 1.82) is 0 Å². The SMILES string of the molecule is Oc1c(F)cc(CN2CCOc3ccccc3C2)cc1F. The van der Waals surface area contributed by atoms with E-state index in [9.17, 15) is 8.78 Å². The molecule has 0 amide bonds. The summed E-state index contributed by atoms with van der Waals surface area (Å²) in [6.45, 7) is 2.24. The van der Waals surface area contributed by atoms with Crippen LogP contribution < -0.4 is 4.74 Å². The first-order valence-corrected chi connectivity index (χ1v) is 6.73. The van der Waals surface area contributed by atoms with Gasteiger partial charge >= 0.3 is 0 Å². The minimum Gasteiger partial charge on any atom is -0.503 e. The summed E-state index contributed by atoms with van der Waals surface area (Å²) >= 11 is 0. The Kier molecular flexibility index (Phi) is 3.75. The maximum Gasteiger partial charge on any atom is 0.187 e. The zero-order chi connectivity index (χ0) is 14.8. The highest BCUT2D eigenvalue weighted by Crippen LogP contribution is 2.25. The third-order valence-electron chi connectivity index (χ3n) is 3.51. The van der Waals surface area contributed by atoms with E-state index in [-0.39, 0.29) is 0 Å². The predicted octanol–water partition coefficient (Wildman–Crippen LogP) is 3.07. The van der Waals surface area contributed by atoms with Gasteiger partial charge in [-0.2, -0.15) is 0 Å². The minimum atomic E-state index is -0.934. The Balaban J connectivity index is 1.79. The molecule has 2 aromatic rings. The normalized spacial score (nSPS) is 15.1. The molecular formula is C16H15F2NO2. The van der Waals surface area contributed by atoms with Gasteiger partial charge in [-0.25, -0.2) is 8.78 Å². The molecule has 0 saturated heterocycles. The van der Waals surface area contributed by atoms with Crippen molar-refractivity contribution in [2.75, 3.05) is 13.2 Å². The predicted molar refractivity (Wildman–Crippen MR) is 74.1 cm³/mol. The van der Waals surface area contributed by atoms with Crippen LogP contribution in [0.2, 0.25) is 0 Å². The molecule has 21 heavy (non-hydrogen) atoms. The van der Waals surface area contributed by atoms with Crippen LogP contribution in [0.1, 0.15) is 11.1 Å². The second-order valence-corrected chi connectivity index (χ2v) is 5.07. The van der Waals surface area contributed by atoms with Crippen LogP contribution in [0.15, 0.2) is 36.4 Å². The summed E-state index contributed by atoms with van der Waals surface area (Å²) in [5.74, 6) is -1.95. The molecule has 0 aromatic heterocycles. The number of hydrogen-bond donors (Lipinski definition) is 1. The molecule has 3 rings (SSSR count). The molecule has 3 nitrogen and oxygen atoms in total. The van der Waals surface area contributed by atoms with E-state index in [1.165, 1.54) is 0 Å². The Morgan fingerprint density at radius 2 is 1.86 bits per heavy atom. The molecule has 0 spiro atoms. The van der Waals surface area contributed by atoms with Crippen LogP contribution in [0.3, 0.4) is 0 Å². The second kappa shape index (κ2) is 5.69. The van der Waals surface area contributed by atoms with Gasteiger partial charge in [0.1, 0.15) is 12.4 Å². The fourth-order valence-corrected chi connectivity index (χ4v) is 2.48. The fraction of sp³-hybridized carbons (Fsp3) is 0.250. The van der Waals surface area contributed by atoms with E-state index in [0.717, 1.165) is 23.4 Å². The number of phenols is 1. The van der Waals surface area contributed by atoms with Gasteiger partial charge in [-0.3, -0.25) is 4.90 Å². The summed E-state index contributed by atoms with van der Waals surface area (Å²) in [6.07, 6.45) is 0. The molecule has 1 heterocycles. The van der Waals surface area contributed by atoms with Crippen LogP contribution in [0, 0.1) is 11.6 Å². The number of ether oxygens (including phenoxy) is 1. The largest absolute Gasteiger partial charge is 0.503 e. The molecule has 0 bridgehead atoms. The summed E-state index contributed by atoms with van der Waals surface area (Å²) in [6, 6.07) is 10.1. The minimum absolute atomic E-state index is 0.395. The standard InChI is InChI=1S/C16H15F2NO2/c17-13-7-11(8-14(18)16(13)20)9-19-5-6-21-15-4-2-1-3-12(15)10-19/h1-4,7-8,20H,5-6,9-10H2. The van der Waals surface area contributed by atoms with Crippen LogP contribution in [0.25, 0.3) is 0 Å². The number of benzene rings is 2. The molecule has 2 aromatic carbocycles. The Morgan fingerprint density at radius 1 is 1.14 bits per heavy atom. The van der Waals surface area contributed by atoms with Crippen LogP contribution in [-0.2, 0) is 13.1 Å². The Bertz CT molecular complexity index is 637. The van der Waals surface area contributed by atoms with E-state index in [2.05, 4.69) is 4.90 Å². The van der Waals surface area contributed by atoms with Crippen molar-refractivity contribution in [3.8, 4) is 11.5 Å². The lowest BCUT2D eigenvalue weighted by Crippen LogP contribution is -2.25. The van der Waals surface area contributed by atoms with Crippen molar-refractivity contribution in [3.63, 3.8) is 0 Å². The summed E-state index contributed by atoms with van der Waals surface area (Å²) < 4.78 is 32.4. The van der Waals surface area contributed by atoms with E-state index in [4.69, 9.17) is 9.84 Å². The average Bonchev–Trinajstić information content (AvgIpc) is 2.66. The second-order valence-electron chi connectivity index (χ2n) is 5.07. The van der Waals surface area contributed by atoms with Gasteiger partial charge < -0.3 is 9.84 Å². The third-order valence-corrected chi connectivity index (χ3v) is 3.51. The van der Waals surface area contributed by atoms with Gasteiger partial charge in [0.25, 0.3) is 0 Å². The lowest BCUT2D eigenvalue weighted by Gasteiger charge is -2.19. The number of halogens is 2. The monoisotopic (exact) mass is 291 g/mol. The number of phenolic OH excluding ortho intramolecular Hbond substituents is 1. The summed E-state index contributed by atoms with van der Waals surface area (Å²) in [5.41, 5.74) is 1.54. The highest BCUT2D eigenvalue weighted by atomic mass is 19.1. The Hall–Kier alpha value is -2.14. The molecule has 0 radical (unpaired) electrons. The van der Waals surface area contributed by atoms with Crippen LogP contribution in [0.4, 0.5) is 8.78 Å². The number of fused-ring (bicyclic) bond motifs is 1. The topological polar surface area (TPSA) is 32.7 Å². The van der Waals surface area contributed by atoms with E-state index >= 15 is 0 Å². The number of nitrogens with zero attached hydrogens (tertiary/aromatic N) is 1. The van der Waals surface area contributed by atoms with Crippen molar-refractivity contribution < 1.29 is 18.6 Å². The van der Waals surface area contributed by atoms with Crippen molar-refractivity contribution >= 4 is 0 Å². The average molecular weight is 291 g/mol. The van der Waals surface area contributed by atoms with Gasteiger partial charge in [0.05, 0.1) is 0 Å². The zero-order valence-electron chi connectivity index (χ0n) is 11.4. The molecule has 1 N–H and O–H groups in total. The van der Waals surface area contributed by atoms with Crippen molar-refractivity contribution in [2.24, 2.45) is 0 Å². The first kappa shape index (κ1) is 13.8. The van der Waals surface area contributed by atoms with Crippen LogP contribution in [-0.4, -0.2) is 23.2 Å². The fourth-order valence-electron chi connectivity index (χ4n) is 2.48. The summed E-state index contributed by atoms with van der Waals surface area (Å²) in [7, 11) is 0. The smallest absolute Gasteiger partial charge is 0.187 e. The molecule has 0 unspecified atom stereocenters. The first-order chi connectivity index (χ1) is 10.1. The van der Waals surface area contributed by atoms with E-state index in [1.807, 2.05) is 24.3 Å². The first-order valence-electron chi connectivity index (χ1n) is 6.73. The molecule has 1 aliphatic rings. The lowest BCUT2D eigenvalue weighted by molar-refractivity contribution is 0.219. The summed E-state index contributed by atoms with van der Waals surface area (Å²) in [4.78, 5) is 2.05. The maximum absolute atomic E-state index is 13.4. The van der Waals surface area contributed by atoms with Crippen molar-refractivity contribution in [1.82, 2.24) is 4.90 Å². The van der Waals surface area contributed by atoms with Crippen LogP contribution >= 0.6 is 0 Å². The van der Waals surface area contributed by atoms with Gasteiger partial charge in [0.15, 0.2) is 17.4 Å². The molecule has 0 aliphatic carbocycles. The number of hydrogen-bond acceptors (Lipinski definition) is 3. The molecule has 110 valence electrons. The van der Waals surface area contributed by atoms with Crippen LogP contribution in [0.5, 0.6) is 11.5 Å². The van der Waals surface area contributed by atoms with Crippen molar-refractivity contribution in [2.45, 2.75) is 13.1 Å². The number of rotatable bonds is 2. The third kappa shape index (κ3) is 2.97. The molecule has 0 atom stereocenters. The quantitative estimate of drug-likeness (QED) is 0.923. The van der Waals surface area contributed by atoms with E-state index in [1.54, 1.807) is 0 Å². The van der Waals surface area contributed by atoms with Gasteiger partial charge in [0.2, 0.25) is 0 Å². The zero-order valence-corrected chi connectivity index (χ0v) is 11.4.